The number of carbonyl (C=O) groups is 8. The number of piperidine rings is 1. The number of nitrogens with zero attached hydrogens (tertiary/aromatic N) is 15. The first-order valence-electron chi connectivity index (χ1n) is 45.7. The van der Waals surface area contributed by atoms with Gasteiger partial charge in [-0.1, -0.05) is 75.4 Å². The molecule has 0 unspecified atom stereocenters. The van der Waals surface area contributed by atoms with Gasteiger partial charge in [-0.15, -0.1) is 0 Å². The number of methoxy groups -OCH3 is 2. The number of nitrogens with one attached hydrogen (secondary N) is 1. The molecule has 2 aromatic carbocycles. The van der Waals surface area contributed by atoms with Crippen LogP contribution in [-0.4, -0.2) is 287 Å². The molecule has 4 saturated heterocycles. The topological polar surface area (TPSA) is 483 Å². The second kappa shape index (κ2) is 43.7. The predicted molar refractivity (Wildman–Crippen MR) is 484 cm³/mol. The average Bonchev–Trinajstić information content (AvgIpc) is 1.63. The molecule has 7 aromatic rings. The summed E-state index contributed by atoms with van der Waals surface area (Å²) in [5.74, 6) is -7.31. The summed E-state index contributed by atoms with van der Waals surface area (Å²) < 4.78 is 43.3. The van der Waals surface area contributed by atoms with Crippen molar-refractivity contribution in [2.75, 3.05) is 121 Å². The lowest BCUT2D eigenvalue weighted by atomic mass is 9.80. The normalized spacial score (nSPS) is 27.5. The van der Waals surface area contributed by atoms with Crippen LogP contribution in [0, 0.1) is 23.7 Å². The van der Waals surface area contributed by atoms with Crippen molar-refractivity contribution in [3.05, 3.63) is 143 Å². The van der Waals surface area contributed by atoms with E-state index in [4.69, 9.17) is 55.1 Å². The lowest BCUT2D eigenvalue weighted by Crippen LogP contribution is -2.58. The van der Waals surface area contributed by atoms with Crippen LogP contribution in [0.5, 0.6) is 0 Å². The molecule has 11 heterocycles. The monoisotopic (exact) mass is 1810 g/mol. The number of aromatic nitrogens is 9. The molecule has 10 N–H and O–H groups in total. The Hall–Kier alpha value is -11.4. The highest BCUT2D eigenvalue weighted by Gasteiger charge is 2.50. The maximum Gasteiger partial charge on any atom is 0.407 e. The number of carbonyl (C=O) groups excluding carboxylic acids is 8. The molecule has 1 saturated carbocycles. The molecule has 5 fully saturated rings. The molecule has 0 radical (unpaired) electrons. The molecule has 1 aliphatic carbocycles. The molecule has 14 atom stereocenters. The maximum absolute atomic E-state index is 14.7. The molecule has 131 heavy (non-hydrogen) atoms. The number of fused-ring (bicyclic) bond motifs is 6. The van der Waals surface area contributed by atoms with Crippen LogP contribution in [0.4, 0.5) is 28.5 Å². The molecule has 6 aliphatic heterocycles. The number of rotatable bonds is 20. The number of oxazole rings is 1. The minimum absolute atomic E-state index is 0.00402. The van der Waals surface area contributed by atoms with Gasteiger partial charge < -0.3 is 95.2 Å². The average molecular weight is 1810 g/mol. The Morgan fingerprint density at radius 1 is 0.733 bits per heavy atom. The summed E-state index contributed by atoms with van der Waals surface area (Å²) >= 11 is 0. The number of cyclic esters (lactones) is 1. The Kier molecular flexibility index (Phi) is 31.9. The molecular weight excluding hydrogens is 1680 g/mol. The summed E-state index contributed by atoms with van der Waals surface area (Å²) in [4.78, 5) is 155. The van der Waals surface area contributed by atoms with Crippen LogP contribution in [-0.2, 0) is 83.2 Å². The number of esters is 1. The summed E-state index contributed by atoms with van der Waals surface area (Å²) in [6, 6.07) is 9.61. The number of amides is 4. The molecule has 0 spiro atoms. The highest BCUT2D eigenvalue weighted by Crippen LogP contribution is 2.38. The fourth-order valence-electron chi connectivity index (χ4n) is 18.8. The van der Waals surface area contributed by atoms with E-state index in [1.807, 2.05) is 81.8 Å². The smallest absolute Gasteiger partial charge is 0.407 e. The second-order valence-electron chi connectivity index (χ2n) is 35.8. The van der Waals surface area contributed by atoms with Gasteiger partial charge >= 0.3 is 12.1 Å². The number of piperazine rings is 2. The first-order valence-corrected chi connectivity index (χ1v) is 45.7. The summed E-state index contributed by atoms with van der Waals surface area (Å²) in [7, 11) is 3.06. The molecule has 5 aromatic heterocycles. The van der Waals surface area contributed by atoms with Crippen LogP contribution in [0.2, 0.25) is 0 Å². The van der Waals surface area contributed by atoms with E-state index in [1.165, 1.54) is 26.4 Å². The molecule has 2 bridgehead atoms. The quantitative estimate of drug-likeness (QED) is 0.0180. The first kappa shape index (κ1) is 95.7. The summed E-state index contributed by atoms with van der Waals surface area (Å²) in [5, 5.41) is 42.8. The first-order chi connectivity index (χ1) is 63.1. The molecule has 14 rings (SSSR count). The van der Waals surface area contributed by atoms with Crippen molar-refractivity contribution in [1.82, 2.24) is 69.6 Å². The molecule has 37 heteroatoms. The number of Topliss-reactive ketones (excluding diaryl/α,β-unsaturated/α-hetero) is 3. The Balaban J connectivity index is 0.493. The van der Waals surface area contributed by atoms with Gasteiger partial charge in [0.15, 0.2) is 17.0 Å². The Morgan fingerprint density at radius 2 is 1.48 bits per heavy atom. The van der Waals surface area contributed by atoms with Gasteiger partial charge in [0.1, 0.15) is 59.6 Å². The van der Waals surface area contributed by atoms with E-state index in [0.717, 1.165) is 45.8 Å². The van der Waals surface area contributed by atoms with Gasteiger partial charge in [0.05, 0.1) is 55.4 Å². The summed E-state index contributed by atoms with van der Waals surface area (Å²) in [6.07, 6.45) is 15.3. The number of allylic oxidation sites excluding steroid dienone is 6. The van der Waals surface area contributed by atoms with Gasteiger partial charge in [0, 0.05) is 172 Å². The second-order valence-corrected chi connectivity index (χ2v) is 35.8. The number of anilines is 4. The van der Waals surface area contributed by atoms with Crippen LogP contribution >= 0.6 is 0 Å². The number of aliphatic hydroxyl groups is 3. The lowest BCUT2D eigenvalue weighted by molar-refractivity contribution is -0.245. The van der Waals surface area contributed by atoms with E-state index in [0.29, 0.717) is 193 Å². The van der Waals surface area contributed by atoms with Crippen LogP contribution in [0.3, 0.4) is 0 Å². The number of hydrogen-bond donors (Lipinski definition) is 7. The van der Waals surface area contributed by atoms with Gasteiger partial charge in [-0.3, -0.25) is 33.7 Å². The van der Waals surface area contributed by atoms with Crippen molar-refractivity contribution < 1.29 is 86.5 Å². The number of aliphatic hydroxyl groups excluding tert-OH is 2. The summed E-state index contributed by atoms with van der Waals surface area (Å²) in [6.45, 7) is 16.5. The fraction of sp³-hybridized carbons (Fsp3) is 0.553. The van der Waals surface area contributed by atoms with Crippen molar-refractivity contribution in [2.24, 2.45) is 29.4 Å². The molecule has 37 nitrogen and oxygen atoms in total. The minimum atomic E-state index is -2.48. The highest BCUT2D eigenvalue weighted by molar-refractivity contribution is 6.39. The number of hydrogen-bond acceptors (Lipinski definition) is 32. The SMILES string of the molecule is CO[C@H]1C[C@@H]2CCC[C@@](O)(O2)C(=O)C(=O)N2CCCC[C@H]2C(=O)O[C@H]([C@H](N)C[C@@H]2CC[C@@H](OC(=O)NCc3cnc(N4CCN(C(=O)CCOCCN5CCN(c6ncc(C(=O)N7CCc8cc(Cn9nc(-c%10ccc%11oc(N)nc%11c%10)c%10c(N)ncnc%109)ccc8C7)cn6)CC5)CC4)nc3)[C@H](OC)C2)CC(=O)[C@H](C)/C=C(\C)[C@@H](O)[C@@H](O)C(=O)[C@H](C)C[C@H](C)/C=C/C=C/C=C/1C. The molecular formula is C94H123N19O18. The number of benzene rings is 2. The van der Waals surface area contributed by atoms with E-state index >= 15 is 0 Å². The number of alkyl carbamates (subject to hydrolysis) is 1. The number of nitrogens with two attached hydrogens (primary N) is 3. The van der Waals surface area contributed by atoms with E-state index in [-0.39, 0.29) is 80.4 Å². The van der Waals surface area contributed by atoms with Gasteiger partial charge in [-0.05, 0) is 142 Å². The van der Waals surface area contributed by atoms with Crippen molar-refractivity contribution in [3.8, 4) is 11.3 Å². The van der Waals surface area contributed by atoms with Crippen molar-refractivity contribution >= 4 is 93.0 Å². The third kappa shape index (κ3) is 23.7. The number of ketones is 3. The number of nitrogen functional groups attached to an aromatic ring is 2. The van der Waals surface area contributed by atoms with Crippen molar-refractivity contribution in [1.29, 1.82) is 0 Å². The van der Waals surface area contributed by atoms with E-state index < -0.39 is 114 Å². The fourth-order valence-corrected chi connectivity index (χ4v) is 18.8. The molecule has 7 aliphatic rings. The highest BCUT2D eigenvalue weighted by atomic mass is 16.6. The molecule has 4 amide bonds. The van der Waals surface area contributed by atoms with Crippen LogP contribution in [0.1, 0.15) is 157 Å². The van der Waals surface area contributed by atoms with E-state index in [1.54, 1.807) is 51.8 Å². The van der Waals surface area contributed by atoms with Gasteiger partial charge in [0.25, 0.3) is 23.6 Å². The zero-order valence-corrected chi connectivity index (χ0v) is 75.6. The van der Waals surface area contributed by atoms with E-state index in [9.17, 15) is 53.7 Å². The Labute approximate surface area is 760 Å². The minimum Gasteiger partial charge on any atom is -0.459 e. The maximum atomic E-state index is 14.7. The van der Waals surface area contributed by atoms with Crippen molar-refractivity contribution in [3.63, 3.8) is 0 Å². The van der Waals surface area contributed by atoms with Gasteiger partial charge in [-0.25, -0.2) is 44.2 Å². The lowest BCUT2D eigenvalue weighted by Gasteiger charge is -2.40. The van der Waals surface area contributed by atoms with Crippen LogP contribution < -0.4 is 32.3 Å². The summed E-state index contributed by atoms with van der Waals surface area (Å²) in [5.41, 5.74) is 27.7. The third-order valence-corrected chi connectivity index (χ3v) is 26.5. The third-order valence-electron chi connectivity index (χ3n) is 26.5. The van der Waals surface area contributed by atoms with Crippen molar-refractivity contribution in [2.45, 2.75) is 211 Å². The standard InChI is InChI=1S/C94H123N19O18/c1-56-14-9-8-10-15-57(2)75(125-6)46-68-16-13-26-94(124,131-68)84(119)88(121)112-27-12-11-17-71(112)89(122)128-76(47-72(114)58(3)41-60(5)82(117)83(118)81(116)59(4)40-56)69(95)43-61-19-22-74(77(44-61)126-7)130-93(123)102-50-63-48-98-91(99-49-63)110-35-33-108(34-36-110)78(115)25-38-127-39-37-107-29-31-109(32-30-107)92-100-51-67(52-101-92)87(120)111-28-24-64-42-62(18-20-66(64)54-111)53-113-86-79(85(96)103-55-104-86)80(106-113)65-21-23-73-70(45-65)105-90(97)129-73/h8-10,14-15,18,20-21,23,41-42,45,48-49,51-52,55-56,58-59,61,68-69,71,74-77,82-83,117-118,124H,11-13,16-17,19,22,24-40,43-44,46-47,50,53-54,95H2,1-7H3,(H2,97,105)(H,102,123)(H2,96,103,104)/b10-8+,14-9+,57-15+,60-41+/t56-,58-,59-,61+,68+,69-,71+,74-,75+,76+,77-,82-,83+,94-/m1/s1. The zero-order chi connectivity index (χ0) is 92.7. The predicted octanol–water partition coefficient (Wildman–Crippen LogP) is 6.72. The van der Waals surface area contributed by atoms with Gasteiger partial charge in [0.2, 0.25) is 23.6 Å². The Bertz CT molecular complexity index is 5340. The number of ether oxygens (including phenoxy) is 6. The Morgan fingerprint density at radius 3 is 2.23 bits per heavy atom. The largest absolute Gasteiger partial charge is 0.459 e. The van der Waals surface area contributed by atoms with Gasteiger partial charge in [-0.2, -0.15) is 10.1 Å². The molecule has 702 valence electrons. The van der Waals surface area contributed by atoms with Crippen LogP contribution in [0.15, 0.2) is 120 Å². The zero-order valence-electron chi connectivity index (χ0n) is 75.6. The van der Waals surface area contributed by atoms with Crippen LogP contribution in [0.25, 0.3) is 33.4 Å². The van der Waals surface area contributed by atoms with E-state index in [2.05, 4.69) is 62.1 Å².